The molecule has 0 saturated heterocycles. The van der Waals surface area contributed by atoms with Crippen LogP contribution in [-0.2, 0) is 11.3 Å². The lowest BCUT2D eigenvalue weighted by Gasteiger charge is -2.12. The van der Waals surface area contributed by atoms with Crippen molar-refractivity contribution < 1.29 is 13.9 Å². The number of carbonyl (C=O) groups excluding carboxylic acids is 1. The van der Waals surface area contributed by atoms with E-state index in [-0.39, 0.29) is 5.91 Å². The Kier molecular flexibility index (Phi) is 6.36. The molecule has 0 unspecified atom stereocenters. The van der Waals surface area contributed by atoms with E-state index in [9.17, 15) is 4.79 Å². The molecule has 1 aromatic heterocycles. The highest BCUT2D eigenvalue weighted by molar-refractivity contribution is 6.06. The van der Waals surface area contributed by atoms with Crippen LogP contribution in [0.1, 0.15) is 25.0 Å². The summed E-state index contributed by atoms with van der Waals surface area (Å²) in [6.45, 7) is 4.88. The number of carbonyl (C=O) groups is 1. The number of nitrogens with one attached hydrogen (secondary N) is 1. The largest absolute Gasteiger partial charge is 0.493 e. The lowest BCUT2D eigenvalue weighted by molar-refractivity contribution is -0.116. The van der Waals surface area contributed by atoms with Crippen LogP contribution in [0.2, 0.25) is 0 Å². The molecule has 0 atom stereocenters. The summed E-state index contributed by atoms with van der Waals surface area (Å²) >= 11 is 0. The first kappa shape index (κ1) is 22.5. The van der Waals surface area contributed by atoms with E-state index in [0.29, 0.717) is 18.9 Å². The second kappa shape index (κ2) is 9.90. The molecule has 35 heavy (non-hydrogen) atoms. The zero-order valence-electron chi connectivity index (χ0n) is 19.9. The molecule has 0 fully saturated rings. The Morgan fingerprint density at radius 3 is 2.51 bits per heavy atom. The van der Waals surface area contributed by atoms with Crippen molar-refractivity contribution in [2.45, 2.75) is 20.4 Å². The van der Waals surface area contributed by atoms with Gasteiger partial charge >= 0.3 is 0 Å². The van der Waals surface area contributed by atoms with Gasteiger partial charge in [0.25, 0.3) is 0 Å². The number of allylic oxidation sites excluding steroid dienone is 1. The maximum atomic E-state index is 12.7. The molecule has 0 saturated carbocycles. The molecule has 0 spiro atoms. The fourth-order valence-corrected chi connectivity index (χ4v) is 4.42. The van der Waals surface area contributed by atoms with Gasteiger partial charge in [0.1, 0.15) is 11.3 Å². The Labute approximate surface area is 204 Å². The first-order chi connectivity index (χ1) is 17.1. The highest BCUT2D eigenvalue weighted by atomic mass is 16.5. The minimum atomic E-state index is -0.143. The van der Waals surface area contributed by atoms with Crippen molar-refractivity contribution in [3.05, 3.63) is 108 Å². The molecule has 1 N–H and O–H groups in total. The van der Waals surface area contributed by atoms with Gasteiger partial charge in [-0.05, 0) is 47.4 Å². The maximum absolute atomic E-state index is 12.7. The van der Waals surface area contributed by atoms with E-state index in [1.165, 1.54) is 10.8 Å². The first-order valence-electron chi connectivity index (χ1n) is 11.8. The number of furan rings is 1. The topological polar surface area (TPSA) is 51.5 Å². The van der Waals surface area contributed by atoms with Gasteiger partial charge in [-0.3, -0.25) is 4.79 Å². The van der Waals surface area contributed by atoms with E-state index in [0.717, 1.165) is 38.8 Å². The van der Waals surface area contributed by atoms with Crippen LogP contribution in [0.4, 0.5) is 0 Å². The molecule has 4 aromatic carbocycles. The van der Waals surface area contributed by atoms with Gasteiger partial charge < -0.3 is 14.5 Å². The van der Waals surface area contributed by atoms with Crippen molar-refractivity contribution in [3.63, 3.8) is 0 Å². The van der Waals surface area contributed by atoms with E-state index < -0.39 is 0 Å². The van der Waals surface area contributed by atoms with Gasteiger partial charge in [0.05, 0.1) is 12.9 Å². The molecule has 0 aliphatic heterocycles. The number of amides is 1. The number of ether oxygens (including phenoxy) is 1. The predicted octanol–water partition coefficient (Wildman–Crippen LogP) is 7.37. The van der Waals surface area contributed by atoms with Crippen LogP contribution < -0.4 is 10.1 Å². The van der Waals surface area contributed by atoms with Gasteiger partial charge in [-0.1, -0.05) is 72.8 Å². The van der Waals surface area contributed by atoms with Crippen LogP contribution in [0.15, 0.2) is 102 Å². The summed E-state index contributed by atoms with van der Waals surface area (Å²) < 4.78 is 11.9. The lowest BCUT2D eigenvalue weighted by Crippen LogP contribution is -2.20. The normalized spacial score (nSPS) is 11.7. The second-order valence-electron chi connectivity index (χ2n) is 8.48. The molecule has 5 aromatic rings. The molecule has 1 heterocycles. The van der Waals surface area contributed by atoms with E-state index in [2.05, 4.69) is 41.7 Å². The van der Waals surface area contributed by atoms with Crippen LogP contribution in [0, 0.1) is 0 Å². The zero-order chi connectivity index (χ0) is 24.2. The molecule has 4 heteroatoms. The summed E-state index contributed by atoms with van der Waals surface area (Å²) in [7, 11) is 0. The van der Waals surface area contributed by atoms with Gasteiger partial charge in [-0.2, -0.15) is 0 Å². The van der Waals surface area contributed by atoms with Gasteiger partial charge in [-0.25, -0.2) is 0 Å². The monoisotopic (exact) mass is 461 g/mol. The van der Waals surface area contributed by atoms with Crippen molar-refractivity contribution >= 4 is 33.2 Å². The minimum absolute atomic E-state index is 0.143. The van der Waals surface area contributed by atoms with Crippen molar-refractivity contribution in [1.82, 2.24) is 5.32 Å². The quantitative estimate of drug-likeness (QED) is 0.257. The Morgan fingerprint density at radius 2 is 1.69 bits per heavy atom. The molecule has 174 valence electrons. The number of benzene rings is 4. The average Bonchev–Trinajstić information content (AvgIpc) is 3.30. The number of fused-ring (bicyclic) bond motifs is 2. The SMILES string of the molecule is CCOc1cc2occ(-c3cccc4ccccc34)c2cc1/C(C)=C/C(=O)NCc1ccccc1. The number of rotatable bonds is 7. The Balaban J connectivity index is 1.53. The molecule has 0 aliphatic rings. The molecule has 4 nitrogen and oxygen atoms in total. The fraction of sp³-hybridized carbons (Fsp3) is 0.129. The molecule has 0 aliphatic carbocycles. The molecular weight excluding hydrogens is 434 g/mol. The third kappa shape index (κ3) is 4.69. The first-order valence-corrected chi connectivity index (χ1v) is 11.8. The van der Waals surface area contributed by atoms with Crippen molar-refractivity contribution in [1.29, 1.82) is 0 Å². The molecular formula is C31H27NO3. The molecule has 5 rings (SSSR count). The highest BCUT2D eigenvalue weighted by Crippen LogP contribution is 2.39. The fourth-order valence-electron chi connectivity index (χ4n) is 4.42. The maximum Gasteiger partial charge on any atom is 0.244 e. The van der Waals surface area contributed by atoms with Gasteiger partial charge in [0.2, 0.25) is 5.91 Å². The number of hydrogen-bond acceptors (Lipinski definition) is 3. The predicted molar refractivity (Wildman–Crippen MR) is 142 cm³/mol. The van der Waals surface area contributed by atoms with E-state index in [4.69, 9.17) is 9.15 Å². The zero-order valence-corrected chi connectivity index (χ0v) is 19.9. The van der Waals surface area contributed by atoms with E-state index >= 15 is 0 Å². The van der Waals surface area contributed by atoms with Crippen LogP contribution in [-0.4, -0.2) is 12.5 Å². The van der Waals surface area contributed by atoms with E-state index in [1.807, 2.05) is 62.4 Å². The van der Waals surface area contributed by atoms with Crippen LogP contribution in [0.3, 0.4) is 0 Å². The van der Waals surface area contributed by atoms with Crippen LogP contribution in [0.5, 0.6) is 5.75 Å². The summed E-state index contributed by atoms with van der Waals surface area (Å²) in [6.07, 6.45) is 3.43. The average molecular weight is 462 g/mol. The smallest absolute Gasteiger partial charge is 0.244 e. The summed E-state index contributed by atoms with van der Waals surface area (Å²) in [4.78, 5) is 12.7. The van der Waals surface area contributed by atoms with Crippen molar-refractivity contribution in [2.24, 2.45) is 0 Å². The van der Waals surface area contributed by atoms with Gasteiger partial charge in [-0.15, -0.1) is 0 Å². The summed E-state index contributed by atoms with van der Waals surface area (Å²) in [5.41, 5.74) is 5.63. The highest BCUT2D eigenvalue weighted by Gasteiger charge is 2.16. The molecule has 0 radical (unpaired) electrons. The van der Waals surface area contributed by atoms with E-state index in [1.54, 1.807) is 12.3 Å². The third-order valence-corrected chi connectivity index (χ3v) is 6.14. The summed E-state index contributed by atoms with van der Waals surface area (Å²) in [6, 6.07) is 28.5. The summed E-state index contributed by atoms with van der Waals surface area (Å²) in [5, 5.41) is 6.29. The Hall–Kier alpha value is -4.31. The Bertz CT molecular complexity index is 1520. The summed E-state index contributed by atoms with van der Waals surface area (Å²) in [5.74, 6) is 0.554. The standard InChI is InChI=1S/C31H27NO3/c1-3-34-29-18-30-27(28(20-35-30)25-15-9-13-23-12-7-8-14-24(23)25)17-26(29)21(2)16-31(33)32-19-22-10-5-4-6-11-22/h4-18,20H,3,19H2,1-2H3,(H,32,33)/b21-16+. The second-order valence-corrected chi connectivity index (χ2v) is 8.48. The molecule has 0 bridgehead atoms. The lowest BCUT2D eigenvalue weighted by atomic mass is 9.96. The van der Waals surface area contributed by atoms with Crippen LogP contribution >= 0.6 is 0 Å². The third-order valence-electron chi connectivity index (χ3n) is 6.14. The van der Waals surface area contributed by atoms with Crippen molar-refractivity contribution in [2.75, 3.05) is 6.61 Å². The van der Waals surface area contributed by atoms with Crippen molar-refractivity contribution in [3.8, 4) is 16.9 Å². The van der Waals surface area contributed by atoms with Gasteiger partial charge in [0.15, 0.2) is 0 Å². The Morgan fingerprint density at radius 1 is 0.914 bits per heavy atom. The number of hydrogen-bond donors (Lipinski definition) is 1. The van der Waals surface area contributed by atoms with Crippen LogP contribution in [0.25, 0.3) is 38.4 Å². The van der Waals surface area contributed by atoms with Gasteiger partial charge in [0, 0.05) is 35.2 Å². The minimum Gasteiger partial charge on any atom is -0.493 e. The molecule has 1 amide bonds.